The molecular weight excluding hydrogens is 1080 g/mol. The van der Waals surface area contributed by atoms with Crippen LogP contribution >= 0.6 is 0 Å². The van der Waals surface area contributed by atoms with Gasteiger partial charge in [0, 0.05) is 12.8 Å². The summed E-state index contributed by atoms with van der Waals surface area (Å²) in [6.45, 7) is 4.49. The number of rotatable bonds is 61. The maximum atomic E-state index is 12.9. The lowest BCUT2D eigenvalue weighted by Crippen LogP contribution is -2.44. The van der Waals surface area contributed by atoms with Gasteiger partial charge in [-0.3, -0.25) is 9.59 Å². The minimum Gasteiger partial charge on any atom is -0.545 e. The van der Waals surface area contributed by atoms with Crippen LogP contribution in [0.1, 0.15) is 245 Å². The second-order valence-corrected chi connectivity index (χ2v) is 23.3. The van der Waals surface area contributed by atoms with Crippen molar-refractivity contribution in [3.05, 3.63) is 170 Å². The van der Waals surface area contributed by atoms with Crippen LogP contribution in [0.2, 0.25) is 0 Å². The van der Waals surface area contributed by atoms with Crippen LogP contribution < -0.4 is 5.11 Å². The monoisotopic (exact) mass is 1200 g/mol. The maximum Gasteiger partial charge on any atom is 0.306 e. The molecule has 0 fully saturated rings. The van der Waals surface area contributed by atoms with Crippen molar-refractivity contribution in [1.29, 1.82) is 0 Å². The highest BCUT2D eigenvalue weighted by Gasteiger charge is 2.22. The Morgan fingerprint density at radius 2 is 0.621 bits per heavy atom. The zero-order valence-corrected chi connectivity index (χ0v) is 55.8. The predicted molar refractivity (Wildman–Crippen MR) is 370 cm³/mol. The molecule has 490 valence electrons. The molecule has 9 nitrogen and oxygen atoms in total. The van der Waals surface area contributed by atoms with Gasteiger partial charge in [0.25, 0.3) is 0 Å². The largest absolute Gasteiger partial charge is 0.545 e. The van der Waals surface area contributed by atoms with Gasteiger partial charge in [-0.05, 0) is 128 Å². The van der Waals surface area contributed by atoms with E-state index < -0.39 is 24.3 Å². The second kappa shape index (κ2) is 66.6. The number of unbranched alkanes of at least 4 members (excludes halogenated alkanes) is 18. The SMILES string of the molecule is CC/C=C\C/C=C\C/C=C\C/C=C\C/C=C\C/C=C\C/C=C\C/C=C\C/C=C\C/C=C\CCCCCCCCCCC(=O)OC(COC(=O)CCCCCCCCCCCC/C=C\C/C=C\C/C=C\C/C=C\CC)COC(OCC[N+](C)(C)C)C(=O)[O-]. The van der Waals surface area contributed by atoms with Crippen molar-refractivity contribution >= 4 is 17.9 Å². The van der Waals surface area contributed by atoms with E-state index in [0.717, 1.165) is 148 Å². The molecule has 0 saturated carbocycles. The number of aliphatic carboxylic acids is 1. The third-order valence-electron chi connectivity index (χ3n) is 14.0. The summed E-state index contributed by atoms with van der Waals surface area (Å²) < 4.78 is 22.8. The number of carboxylic acid groups (broad SMARTS) is 1. The van der Waals surface area contributed by atoms with Crippen molar-refractivity contribution in [1.82, 2.24) is 0 Å². The lowest BCUT2D eigenvalue weighted by Gasteiger charge is -2.26. The van der Waals surface area contributed by atoms with E-state index in [-0.39, 0.29) is 38.6 Å². The van der Waals surface area contributed by atoms with E-state index in [2.05, 4.69) is 184 Å². The van der Waals surface area contributed by atoms with E-state index in [4.69, 9.17) is 18.9 Å². The van der Waals surface area contributed by atoms with Crippen LogP contribution in [0.15, 0.2) is 170 Å². The highest BCUT2D eigenvalue weighted by atomic mass is 16.7. The van der Waals surface area contributed by atoms with Gasteiger partial charge < -0.3 is 33.3 Å². The van der Waals surface area contributed by atoms with Crippen LogP contribution in [-0.2, 0) is 33.3 Å². The minimum atomic E-state index is -1.64. The lowest BCUT2D eigenvalue weighted by molar-refractivity contribution is -0.870. The third-order valence-corrected chi connectivity index (χ3v) is 14.0. The molecule has 0 N–H and O–H groups in total. The van der Waals surface area contributed by atoms with Crippen LogP contribution in [0.3, 0.4) is 0 Å². The Balaban J connectivity index is 4.21. The Labute approximate surface area is 533 Å². The molecule has 0 aromatic heterocycles. The maximum absolute atomic E-state index is 12.9. The van der Waals surface area contributed by atoms with Gasteiger partial charge in [0.05, 0.1) is 40.3 Å². The molecule has 0 bridgehead atoms. The smallest absolute Gasteiger partial charge is 0.306 e. The van der Waals surface area contributed by atoms with Gasteiger partial charge in [-0.1, -0.05) is 274 Å². The average molecular weight is 1200 g/mol. The average Bonchev–Trinajstić information content (AvgIpc) is 3.55. The van der Waals surface area contributed by atoms with E-state index in [1.165, 1.54) is 64.2 Å². The van der Waals surface area contributed by atoms with Crippen LogP contribution in [0, 0.1) is 0 Å². The summed E-state index contributed by atoms with van der Waals surface area (Å²) in [5.74, 6) is -2.31. The fourth-order valence-electron chi connectivity index (χ4n) is 8.79. The van der Waals surface area contributed by atoms with Gasteiger partial charge in [-0.2, -0.15) is 0 Å². The number of likely N-dealkylation sites (N-methyl/N-ethyl adjacent to an activating group) is 1. The number of carboxylic acids is 1. The number of hydrogen-bond donors (Lipinski definition) is 0. The molecule has 2 atom stereocenters. The van der Waals surface area contributed by atoms with Crippen molar-refractivity contribution in [2.24, 2.45) is 0 Å². The van der Waals surface area contributed by atoms with Crippen LogP contribution in [-0.4, -0.2) is 82.3 Å². The topological polar surface area (TPSA) is 111 Å². The minimum absolute atomic E-state index is 0.136. The van der Waals surface area contributed by atoms with E-state index in [1.807, 2.05) is 21.1 Å². The summed E-state index contributed by atoms with van der Waals surface area (Å²) >= 11 is 0. The quantitative estimate of drug-likeness (QED) is 0.0195. The molecule has 0 aliphatic rings. The number of hydrogen-bond acceptors (Lipinski definition) is 8. The molecule has 0 rings (SSSR count). The number of nitrogens with zero attached hydrogens (tertiary/aromatic N) is 1. The molecule has 87 heavy (non-hydrogen) atoms. The van der Waals surface area contributed by atoms with Crippen molar-refractivity contribution in [2.75, 3.05) is 47.5 Å². The van der Waals surface area contributed by atoms with Crippen LogP contribution in [0.5, 0.6) is 0 Å². The number of quaternary nitrogens is 1. The molecule has 2 unspecified atom stereocenters. The molecule has 0 radical (unpaired) electrons. The highest BCUT2D eigenvalue weighted by Crippen LogP contribution is 2.15. The molecular formula is C78H125NO8. The van der Waals surface area contributed by atoms with Gasteiger partial charge in [0.2, 0.25) is 0 Å². The van der Waals surface area contributed by atoms with Crippen LogP contribution in [0.4, 0.5) is 0 Å². The summed E-state index contributed by atoms with van der Waals surface area (Å²) in [4.78, 5) is 37.5. The standard InChI is InChI=1S/C78H125NO8/c1-6-8-10-12-14-16-18-20-22-24-26-28-30-31-32-33-34-35-36-37-38-39-40-41-42-43-44-45-47-49-51-53-55-57-59-61-63-65-67-69-76(81)87-74(73-86-78(77(82)83)84-71-70-79(3,4)5)72-85-75(80)68-66-64-62-60-58-56-54-52-50-48-46-29-27-25-23-21-19-17-15-13-11-9-7-2/h8-11,14-17,20-23,26-29,31-32,34-35,37-38,40-41,43-44,47,49,74,78H,6-7,12-13,18-19,24-25,30,33,36,39,42,45-46,48,50-73H2,1-5H3/b10-8-,11-9-,16-14-,17-15-,22-20-,23-21-,28-26-,29-27-,32-31-,35-34-,38-37-,41-40-,44-43-,49-47-. The summed E-state index contributed by atoms with van der Waals surface area (Å²) in [6.07, 6.45) is 97.0. The normalized spacial score (nSPS) is 13.8. The lowest BCUT2D eigenvalue weighted by atomic mass is 10.1. The molecule has 0 aliphatic carbocycles. The van der Waals surface area contributed by atoms with Gasteiger partial charge in [-0.15, -0.1) is 0 Å². The first-order valence-corrected chi connectivity index (χ1v) is 34.3. The summed E-state index contributed by atoms with van der Waals surface area (Å²) in [7, 11) is 5.91. The van der Waals surface area contributed by atoms with Crippen molar-refractivity contribution in [3.63, 3.8) is 0 Å². The van der Waals surface area contributed by atoms with Crippen molar-refractivity contribution in [3.8, 4) is 0 Å². The van der Waals surface area contributed by atoms with Gasteiger partial charge in [0.15, 0.2) is 12.4 Å². The molecule has 0 spiro atoms. The predicted octanol–water partition coefficient (Wildman–Crippen LogP) is 20.1. The molecule has 0 aliphatic heterocycles. The van der Waals surface area contributed by atoms with Gasteiger partial charge in [-0.25, -0.2) is 0 Å². The fourth-order valence-corrected chi connectivity index (χ4v) is 8.79. The zero-order chi connectivity index (χ0) is 63.3. The Bertz CT molecular complexity index is 2030. The summed E-state index contributed by atoms with van der Waals surface area (Å²) in [6, 6.07) is 0. The summed E-state index contributed by atoms with van der Waals surface area (Å²) in [5, 5.41) is 11.8. The molecule has 9 heteroatoms. The van der Waals surface area contributed by atoms with E-state index in [0.29, 0.717) is 17.4 Å². The number of carbonyl (C=O) groups excluding carboxylic acids is 3. The van der Waals surface area contributed by atoms with Gasteiger partial charge >= 0.3 is 11.9 Å². The Kier molecular flexibility index (Phi) is 62.5. The number of esters is 2. The number of allylic oxidation sites excluding steroid dienone is 28. The first kappa shape index (κ1) is 81.7. The first-order chi connectivity index (χ1) is 42.6. The molecule has 0 amide bonds. The molecule has 0 aromatic rings. The fraction of sp³-hybridized carbons (Fsp3) is 0.603. The summed E-state index contributed by atoms with van der Waals surface area (Å²) in [5.41, 5.74) is 0. The van der Waals surface area contributed by atoms with Crippen LogP contribution in [0.25, 0.3) is 0 Å². The first-order valence-electron chi connectivity index (χ1n) is 34.3. The molecule has 0 saturated heterocycles. The van der Waals surface area contributed by atoms with Crippen molar-refractivity contribution in [2.45, 2.75) is 257 Å². The number of carbonyl (C=O) groups is 3. The second-order valence-electron chi connectivity index (χ2n) is 23.3. The number of ether oxygens (including phenoxy) is 4. The van der Waals surface area contributed by atoms with E-state index in [1.54, 1.807) is 0 Å². The Morgan fingerprint density at radius 3 is 0.920 bits per heavy atom. The zero-order valence-electron chi connectivity index (χ0n) is 55.8. The van der Waals surface area contributed by atoms with E-state index in [9.17, 15) is 19.5 Å². The van der Waals surface area contributed by atoms with E-state index >= 15 is 0 Å². The third kappa shape index (κ3) is 68.0. The Hall–Kier alpha value is -5.35. The van der Waals surface area contributed by atoms with Gasteiger partial charge in [0.1, 0.15) is 13.2 Å². The highest BCUT2D eigenvalue weighted by molar-refractivity contribution is 5.70. The Morgan fingerprint density at radius 1 is 0.345 bits per heavy atom. The van der Waals surface area contributed by atoms with Crippen molar-refractivity contribution < 1.29 is 42.9 Å². The molecule has 0 heterocycles. The molecule has 0 aromatic carbocycles.